The maximum atomic E-state index is 11.8. The van der Waals surface area contributed by atoms with Crippen LogP contribution in [0.3, 0.4) is 0 Å². The summed E-state index contributed by atoms with van der Waals surface area (Å²) in [7, 11) is 1.71. The normalized spacial score (nSPS) is 15.4. The van der Waals surface area contributed by atoms with Crippen molar-refractivity contribution in [3.8, 4) is 0 Å². The van der Waals surface area contributed by atoms with E-state index in [1.165, 1.54) is 0 Å². The summed E-state index contributed by atoms with van der Waals surface area (Å²) in [6.45, 7) is 8.83. The van der Waals surface area contributed by atoms with Gasteiger partial charge in [-0.15, -0.1) is 24.0 Å². The maximum absolute atomic E-state index is 11.8. The van der Waals surface area contributed by atoms with Gasteiger partial charge < -0.3 is 19.9 Å². The molecule has 1 fully saturated rings. The van der Waals surface area contributed by atoms with Gasteiger partial charge in [0.05, 0.1) is 0 Å². The van der Waals surface area contributed by atoms with Crippen LogP contribution in [0.1, 0.15) is 20.8 Å². The second kappa shape index (κ2) is 9.73. The molecule has 0 saturated carbocycles. The molecule has 0 spiro atoms. The van der Waals surface area contributed by atoms with E-state index < -0.39 is 5.60 Å². The van der Waals surface area contributed by atoms with E-state index in [2.05, 4.69) is 30.1 Å². The molecule has 9 heteroatoms. The van der Waals surface area contributed by atoms with E-state index in [4.69, 9.17) is 4.74 Å². The number of hydrogen-bond donors (Lipinski definition) is 1. The molecule has 2 rings (SSSR count). The molecule has 8 nitrogen and oxygen atoms in total. The van der Waals surface area contributed by atoms with Gasteiger partial charge in [0.25, 0.3) is 0 Å². The second-order valence-electron chi connectivity index (χ2n) is 6.51. The largest absolute Gasteiger partial charge is 0.459 e. The topological polar surface area (TPSA) is 83.0 Å². The molecule has 0 bridgehead atoms. The number of rotatable bonds is 3. The Hall–Kier alpha value is -1.65. The smallest absolute Gasteiger partial charge is 0.325 e. The predicted molar refractivity (Wildman–Crippen MR) is 108 cm³/mol. The third-order valence-corrected chi connectivity index (χ3v) is 3.44. The highest BCUT2D eigenvalue weighted by molar-refractivity contribution is 14.0. The number of esters is 1. The van der Waals surface area contributed by atoms with Gasteiger partial charge in [-0.3, -0.25) is 9.79 Å². The van der Waals surface area contributed by atoms with Crippen molar-refractivity contribution >= 4 is 41.9 Å². The molecule has 1 aromatic rings. The van der Waals surface area contributed by atoms with Crippen LogP contribution in [0.25, 0.3) is 0 Å². The Bertz CT molecular complexity index is 568. The number of anilines is 1. The van der Waals surface area contributed by atoms with Crippen molar-refractivity contribution in [1.29, 1.82) is 0 Å². The van der Waals surface area contributed by atoms with Crippen molar-refractivity contribution in [2.24, 2.45) is 4.99 Å². The average molecular weight is 462 g/mol. The minimum atomic E-state index is -0.483. The van der Waals surface area contributed by atoms with E-state index in [9.17, 15) is 4.79 Å². The minimum absolute atomic E-state index is 0. The first-order chi connectivity index (χ1) is 11.4. The van der Waals surface area contributed by atoms with Gasteiger partial charge in [-0.25, -0.2) is 9.97 Å². The van der Waals surface area contributed by atoms with Crippen LogP contribution in [-0.2, 0) is 9.53 Å². The van der Waals surface area contributed by atoms with Gasteiger partial charge in [0.1, 0.15) is 12.1 Å². The number of nitrogens with one attached hydrogen (secondary N) is 1. The summed E-state index contributed by atoms with van der Waals surface area (Å²) in [5, 5.41) is 3.07. The van der Waals surface area contributed by atoms with Crippen LogP contribution in [0.4, 0.5) is 5.95 Å². The minimum Gasteiger partial charge on any atom is -0.459 e. The van der Waals surface area contributed by atoms with Crippen molar-refractivity contribution in [1.82, 2.24) is 20.2 Å². The lowest BCUT2D eigenvalue weighted by molar-refractivity contribution is -0.153. The zero-order valence-corrected chi connectivity index (χ0v) is 17.6. The quantitative estimate of drug-likeness (QED) is 0.312. The third-order valence-electron chi connectivity index (χ3n) is 3.44. The molecule has 2 heterocycles. The van der Waals surface area contributed by atoms with Crippen LogP contribution < -0.4 is 10.2 Å². The van der Waals surface area contributed by atoms with Crippen molar-refractivity contribution in [2.45, 2.75) is 26.4 Å². The highest BCUT2D eigenvalue weighted by atomic mass is 127. The summed E-state index contributed by atoms with van der Waals surface area (Å²) in [6.07, 6.45) is 3.49. The highest BCUT2D eigenvalue weighted by Crippen LogP contribution is 2.10. The molecule has 25 heavy (non-hydrogen) atoms. The van der Waals surface area contributed by atoms with Gasteiger partial charge in [0.2, 0.25) is 5.95 Å². The molecular weight excluding hydrogens is 435 g/mol. The number of carbonyl (C=O) groups excluding carboxylic acids is 1. The number of halogens is 1. The van der Waals surface area contributed by atoms with E-state index in [0.29, 0.717) is 5.96 Å². The van der Waals surface area contributed by atoms with Crippen LogP contribution in [0.5, 0.6) is 0 Å². The standard InChI is InChI=1S/C16H26N6O2.HI/c1-16(2,3)24-13(23)12-20-14(17-4)21-8-10-22(11-9-21)15-18-6-5-7-19-15;/h5-7H,8-12H2,1-4H3,(H,17,20);1H. The van der Waals surface area contributed by atoms with Gasteiger partial charge >= 0.3 is 5.97 Å². The lowest BCUT2D eigenvalue weighted by Crippen LogP contribution is -2.53. The van der Waals surface area contributed by atoms with E-state index >= 15 is 0 Å². The summed E-state index contributed by atoms with van der Waals surface area (Å²) in [4.78, 5) is 28.9. The first-order valence-electron chi connectivity index (χ1n) is 8.08. The van der Waals surface area contributed by atoms with Gasteiger partial charge in [0.15, 0.2) is 5.96 Å². The number of guanidine groups is 1. The van der Waals surface area contributed by atoms with Crippen molar-refractivity contribution in [3.63, 3.8) is 0 Å². The zero-order chi connectivity index (χ0) is 17.6. The molecule has 0 aliphatic carbocycles. The maximum Gasteiger partial charge on any atom is 0.325 e. The van der Waals surface area contributed by atoms with Gasteiger partial charge in [-0.05, 0) is 26.8 Å². The van der Waals surface area contributed by atoms with Gasteiger partial charge in [-0.1, -0.05) is 0 Å². The zero-order valence-electron chi connectivity index (χ0n) is 15.2. The molecule has 1 aliphatic heterocycles. The average Bonchev–Trinajstić information content (AvgIpc) is 2.55. The third kappa shape index (κ3) is 7.00. The fourth-order valence-electron chi connectivity index (χ4n) is 2.43. The highest BCUT2D eigenvalue weighted by Gasteiger charge is 2.22. The van der Waals surface area contributed by atoms with Gasteiger partial charge in [-0.2, -0.15) is 0 Å². The summed E-state index contributed by atoms with van der Waals surface area (Å²) in [5.74, 6) is 1.16. The summed E-state index contributed by atoms with van der Waals surface area (Å²) in [6, 6.07) is 1.81. The fourth-order valence-corrected chi connectivity index (χ4v) is 2.43. The Morgan fingerprint density at radius 1 is 1.24 bits per heavy atom. The van der Waals surface area contributed by atoms with Crippen LogP contribution >= 0.6 is 24.0 Å². The Morgan fingerprint density at radius 2 is 1.84 bits per heavy atom. The van der Waals surface area contributed by atoms with Crippen molar-refractivity contribution in [3.05, 3.63) is 18.5 Å². The number of nitrogens with zero attached hydrogens (tertiary/aromatic N) is 5. The molecule has 1 saturated heterocycles. The number of hydrogen-bond acceptors (Lipinski definition) is 6. The lowest BCUT2D eigenvalue weighted by atomic mass is 10.2. The number of aromatic nitrogens is 2. The Kier molecular flexibility index (Phi) is 8.33. The second-order valence-corrected chi connectivity index (χ2v) is 6.51. The van der Waals surface area contributed by atoms with E-state index in [-0.39, 0.29) is 36.5 Å². The van der Waals surface area contributed by atoms with Crippen molar-refractivity contribution in [2.75, 3.05) is 44.7 Å². The number of piperazine rings is 1. The molecule has 140 valence electrons. The summed E-state index contributed by atoms with van der Waals surface area (Å²) in [5.41, 5.74) is -0.483. The van der Waals surface area contributed by atoms with Crippen LogP contribution in [0.2, 0.25) is 0 Å². The number of ether oxygens (including phenoxy) is 1. The van der Waals surface area contributed by atoms with Crippen LogP contribution in [0.15, 0.2) is 23.5 Å². The molecular formula is C16H27IN6O2. The summed E-state index contributed by atoms with van der Waals surface area (Å²) >= 11 is 0. The molecule has 0 aromatic carbocycles. The number of carbonyl (C=O) groups is 1. The number of aliphatic imine (C=N–C) groups is 1. The Morgan fingerprint density at radius 3 is 2.36 bits per heavy atom. The fraction of sp³-hybridized carbons (Fsp3) is 0.625. The lowest BCUT2D eigenvalue weighted by Gasteiger charge is -2.36. The predicted octanol–water partition coefficient (Wildman–Crippen LogP) is 1.13. The molecule has 1 aliphatic rings. The first-order valence-corrected chi connectivity index (χ1v) is 8.08. The van der Waals surface area contributed by atoms with E-state index in [1.54, 1.807) is 19.4 Å². The molecule has 0 radical (unpaired) electrons. The Labute approximate surface area is 166 Å². The molecule has 0 amide bonds. The SMILES string of the molecule is CN=C(NCC(=O)OC(C)(C)C)N1CCN(c2ncccn2)CC1.I. The van der Waals surface area contributed by atoms with Gasteiger partial charge in [0, 0.05) is 45.6 Å². The molecule has 1 aromatic heterocycles. The van der Waals surface area contributed by atoms with Crippen molar-refractivity contribution < 1.29 is 9.53 Å². The van der Waals surface area contributed by atoms with E-state index in [0.717, 1.165) is 32.1 Å². The molecule has 1 N–H and O–H groups in total. The molecule has 0 unspecified atom stereocenters. The van der Waals surface area contributed by atoms with Crippen LogP contribution in [0, 0.1) is 0 Å². The van der Waals surface area contributed by atoms with Crippen LogP contribution in [-0.4, -0.2) is 72.2 Å². The monoisotopic (exact) mass is 462 g/mol. The van der Waals surface area contributed by atoms with E-state index in [1.807, 2.05) is 26.8 Å². The summed E-state index contributed by atoms with van der Waals surface area (Å²) < 4.78 is 5.30. The Balaban J connectivity index is 0.00000312. The first kappa shape index (κ1) is 21.4. The molecule has 0 atom stereocenters.